The molecular formula is C10H15ClO. The van der Waals surface area contributed by atoms with Gasteiger partial charge in [-0.2, -0.15) is 0 Å². The van der Waals surface area contributed by atoms with E-state index in [1.165, 1.54) is 0 Å². The molecule has 0 saturated heterocycles. The first-order valence-electron chi connectivity index (χ1n) is 4.47. The molecule has 0 spiro atoms. The first-order chi connectivity index (χ1) is 5.65. The fourth-order valence-corrected chi connectivity index (χ4v) is 1.88. The molecule has 0 bridgehead atoms. The maximum absolute atomic E-state index is 10.6. The molecule has 0 heterocycles. The van der Waals surface area contributed by atoms with E-state index in [1.54, 1.807) is 0 Å². The highest BCUT2D eigenvalue weighted by Crippen LogP contribution is 2.34. The Bertz CT molecular complexity index is 206. The van der Waals surface area contributed by atoms with Gasteiger partial charge >= 0.3 is 0 Å². The Morgan fingerprint density at radius 3 is 2.75 bits per heavy atom. The van der Waals surface area contributed by atoms with Crippen LogP contribution in [0.2, 0.25) is 0 Å². The molecule has 1 atom stereocenters. The number of carbonyl (C=O) groups excluding carboxylic acids is 1. The van der Waals surface area contributed by atoms with Gasteiger partial charge in [-0.25, -0.2) is 0 Å². The summed E-state index contributed by atoms with van der Waals surface area (Å²) in [6.45, 7) is 4.40. The largest absolute Gasteiger partial charge is 0.298 e. The lowest BCUT2D eigenvalue weighted by molar-refractivity contribution is -0.105. The smallest absolute Gasteiger partial charge is 0.147 e. The highest BCUT2D eigenvalue weighted by Gasteiger charge is 2.21. The van der Waals surface area contributed by atoms with Gasteiger partial charge in [0.2, 0.25) is 0 Å². The molecule has 0 saturated carbocycles. The Morgan fingerprint density at radius 1 is 1.58 bits per heavy atom. The Balaban J connectivity index is 2.67. The molecule has 1 aliphatic carbocycles. The summed E-state index contributed by atoms with van der Waals surface area (Å²) in [5, 5.41) is 0.780. The Hall–Kier alpha value is -0.300. The molecule has 1 aliphatic rings. The van der Waals surface area contributed by atoms with Crippen LogP contribution in [0.5, 0.6) is 0 Å². The van der Waals surface area contributed by atoms with E-state index in [9.17, 15) is 4.79 Å². The van der Waals surface area contributed by atoms with Crippen molar-refractivity contribution in [3.8, 4) is 0 Å². The summed E-state index contributed by atoms with van der Waals surface area (Å²) < 4.78 is 0. The first kappa shape index (κ1) is 9.79. The first-order valence-corrected chi connectivity index (χ1v) is 4.85. The molecule has 12 heavy (non-hydrogen) atoms. The quantitative estimate of drug-likeness (QED) is 0.606. The zero-order valence-corrected chi connectivity index (χ0v) is 8.40. The molecule has 0 aromatic rings. The van der Waals surface area contributed by atoms with Crippen molar-refractivity contribution in [1.82, 2.24) is 0 Å². The van der Waals surface area contributed by atoms with Crippen LogP contribution in [0.15, 0.2) is 10.6 Å². The lowest BCUT2D eigenvalue weighted by atomic mass is 9.82. The molecule has 0 amide bonds. The molecule has 2 heteroatoms. The van der Waals surface area contributed by atoms with E-state index in [4.69, 9.17) is 11.6 Å². The van der Waals surface area contributed by atoms with Crippen molar-refractivity contribution in [3.05, 3.63) is 10.6 Å². The Labute approximate surface area is 78.8 Å². The van der Waals surface area contributed by atoms with Crippen molar-refractivity contribution in [3.63, 3.8) is 0 Å². The van der Waals surface area contributed by atoms with Gasteiger partial charge in [0.15, 0.2) is 0 Å². The van der Waals surface area contributed by atoms with Crippen molar-refractivity contribution < 1.29 is 4.79 Å². The lowest BCUT2D eigenvalue weighted by Gasteiger charge is -2.25. The second-order valence-electron chi connectivity index (χ2n) is 3.79. The predicted octanol–water partition coefficient (Wildman–Crippen LogP) is 3.13. The maximum Gasteiger partial charge on any atom is 0.147 e. The molecule has 1 nitrogen and oxygen atoms in total. The van der Waals surface area contributed by atoms with E-state index in [0.717, 1.165) is 36.2 Å². The van der Waals surface area contributed by atoms with Crippen LogP contribution in [-0.4, -0.2) is 6.29 Å². The second-order valence-corrected chi connectivity index (χ2v) is 4.25. The molecule has 0 N–H and O–H groups in total. The normalized spacial score (nSPS) is 24.8. The number of allylic oxidation sites excluding steroid dienone is 2. The van der Waals surface area contributed by atoms with Crippen molar-refractivity contribution in [2.24, 2.45) is 11.8 Å². The van der Waals surface area contributed by atoms with Crippen LogP contribution in [-0.2, 0) is 4.79 Å². The molecule has 0 aliphatic heterocycles. The third-order valence-corrected chi connectivity index (χ3v) is 3.08. The zero-order chi connectivity index (χ0) is 9.14. The minimum Gasteiger partial charge on any atom is -0.298 e. The topological polar surface area (TPSA) is 17.1 Å². The Morgan fingerprint density at radius 2 is 2.25 bits per heavy atom. The summed E-state index contributed by atoms with van der Waals surface area (Å²) in [5.41, 5.74) is 0.821. The number of hydrogen-bond donors (Lipinski definition) is 0. The van der Waals surface area contributed by atoms with E-state index in [-0.39, 0.29) is 0 Å². The third-order valence-electron chi connectivity index (χ3n) is 2.65. The molecule has 0 radical (unpaired) electrons. The minimum atomic E-state index is 0.646. The molecular weight excluding hydrogens is 172 g/mol. The van der Waals surface area contributed by atoms with Gasteiger partial charge in [-0.05, 0) is 31.1 Å². The number of halogens is 1. The van der Waals surface area contributed by atoms with Crippen molar-refractivity contribution >= 4 is 17.9 Å². The molecule has 0 aromatic carbocycles. The number of rotatable bonds is 2. The minimum absolute atomic E-state index is 0.646. The SMILES string of the molecule is CC(C)C1CCC(Cl)=C(C=O)C1. The standard InChI is InChI=1S/C10H15ClO/c1-7(2)8-3-4-10(11)9(5-8)6-12/h6-8H,3-5H2,1-2H3. The third kappa shape index (κ3) is 2.10. The molecule has 1 unspecified atom stereocenters. The van der Waals surface area contributed by atoms with Crippen LogP contribution in [0.1, 0.15) is 33.1 Å². The summed E-state index contributed by atoms with van der Waals surface area (Å²) in [4.78, 5) is 10.6. The van der Waals surface area contributed by atoms with E-state index >= 15 is 0 Å². The van der Waals surface area contributed by atoms with Crippen LogP contribution >= 0.6 is 11.6 Å². The summed E-state index contributed by atoms with van der Waals surface area (Å²) in [6, 6.07) is 0. The van der Waals surface area contributed by atoms with E-state index in [2.05, 4.69) is 13.8 Å². The van der Waals surface area contributed by atoms with Crippen LogP contribution in [0, 0.1) is 11.8 Å². The highest BCUT2D eigenvalue weighted by atomic mass is 35.5. The van der Waals surface area contributed by atoms with Gasteiger partial charge in [-0.15, -0.1) is 0 Å². The highest BCUT2D eigenvalue weighted by molar-refractivity contribution is 6.31. The van der Waals surface area contributed by atoms with Crippen molar-refractivity contribution in [1.29, 1.82) is 0 Å². The second kappa shape index (κ2) is 4.08. The monoisotopic (exact) mass is 186 g/mol. The number of aldehydes is 1. The number of hydrogen-bond acceptors (Lipinski definition) is 1. The average Bonchev–Trinajstić information content (AvgIpc) is 2.05. The van der Waals surface area contributed by atoms with Crippen LogP contribution in [0.3, 0.4) is 0 Å². The number of carbonyl (C=O) groups is 1. The fourth-order valence-electron chi connectivity index (χ4n) is 1.65. The fraction of sp³-hybridized carbons (Fsp3) is 0.700. The van der Waals surface area contributed by atoms with Crippen molar-refractivity contribution in [2.75, 3.05) is 0 Å². The average molecular weight is 187 g/mol. The molecule has 0 fully saturated rings. The summed E-state index contributed by atoms with van der Waals surface area (Å²) in [6.07, 6.45) is 3.81. The van der Waals surface area contributed by atoms with Gasteiger partial charge in [0.25, 0.3) is 0 Å². The van der Waals surface area contributed by atoms with Gasteiger partial charge < -0.3 is 0 Å². The molecule has 1 rings (SSSR count). The van der Waals surface area contributed by atoms with E-state index in [1.807, 2.05) is 0 Å². The Kier molecular flexibility index (Phi) is 3.33. The molecule has 68 valence electrons. The van der Waals surface area contributed by atoms with Crippen LogP contribution < -0.4 is 0 Å². The van der Waals surface area contributed by atoms with E-state index in [0.29, 0.717) is 11.8 Å². The summed E-state index contributed by atoms with van der Waals surface area (Å²) >= 11 is 5.90. The maximum atomic E-state index is 10.6. The van der Waals surface area contributed by atoms with E-state index < -0.39 is 0 Å². The summed E-state index contributed by atoms with van der Waals surface area (Å²) in [5.74, 6) is 1.30. The van der Waals surface area contributed by atoms with Gasteiger partial charge in [-0.1, -0.05) is 25.4 Å². The summed E-state index contributed by atoms with van der Waals surface area (Å²) in [7, 11) is 0. The van der Waals surface area contributed by atoms with Gasteiger partial charge in [0.1, 0.15) is 6.29 Å². The van der Waals surface area contributed by atoms with Crippen LogP contribution in [0.25, 0.3) is 0 Å². The lowest BCUT2D eigenvalue weighted by Crippen LogP contribution is -2.14. The van der Waals surface area contributed by atoms with Gasteiger partial charge in [-0.3, -0.25) is 4.79 Å². The predicted molar refractivity (Wildman–Crippen MR) is 51.1 cm³/mol. The van der Waals surface area contributed by atoms with Gasteiger partial charge in [0, 0.05) is 10.6 Å². The zero-order valence-electron chi connectivity index (χ0n) is 7.64. The van der Waals surface area contributed by atoms with Crippen molar-refractivity contribution in [2.45, 2.75) is 33.1 Å². The molecule has 0 aromatic heterocycles. The van der Waals surface area contributed by atoms with Gasteiger partial charge in [0.05, 0.1) is 0 Å². The van der Waals surface area contributed by atoms with Crippen LogP contribution in [0.4, 0.5) is 0 Å².